The van der Waals surface area contributed by atoms with Crippen molar-refractivity contribution < 1.29 is 13.9 Å². The number of nitrogens with zero attached hydrogens (tertiary/aromatic N) is 3. The largest absolute Gasteiger partial charge is 0.494 e. The Kier molecular flexibility index (Phi) is 6.11. The van der Waals surface area contributed by atoms with Gasteiger partial charge < -0.3 is 15.0 Å². The van der Waals surface area contributed by atoms with Gasteiger partial charge in [-0.15, -0.1) is 10.2 Å². The summed E-state index contributed by atoms with van der Waals surface area (Å²) in [6, 6.07) is 7.90. The SMILES string of the molecule is COc1ccc([C@H](C)NC(=O)[C@@H]2CCCN(c3ccc(Cl)nn3)C2)cc1F. The lowest BCUT2D eigenvalue weighted by Gasteiger charge is -2.33. The van der Waals surface area contributed by atoms with Gasteiger partial charge in [-0.2, -0.15) is 0 Å². The summed E-state index contributed by atoms with van der Waals surface area (Å²) in [4.78, 5) is 14.7. The Hall–Kier alpha value is -2.41. The van der Waals surface area contributed by atoms with Crippen molar-refractivity contribution in [1.82, 2.24) is 15.5 Å². The maximum absolute atomic E-state index is 13.9. The molecule has 1 N–H and O–H groups in total. The van der Waals surface area contributed by atoms with Crippen molar-refractivity contribution in [3.8, 4) is 5.75 Å². The van der Waals surface area contributed by atoms with Crippen LogP contribution in [-0.2, 0) is 4.79 Å². The smallest absolute Gasteiger partial charge is 0.225 e. The monoisotopic (exact) mass is 392 g/mol. The lowest BCUT2D eigenvalue weighted by molar-refractivity contribution is -0.125. The molecule has 0 radical (unpaired) electrons. The van der Waals surface area contributed by atoms with Crippen LogP contribution in [0.3, 0.4) is 0 Å². The normalized spacial score (nSPS) is 18.1. The minimum Gasteiger partial charge on any atom is -0.494 e. The fourth-order valence-electron chi connectivity index (χ4n) is 3.24. The zero-order valence-corrected chi connectivity index (χ0v) is 16.0. The predicted molar refractivity (Wildman–Crippen MR) is 101 cm³/mol. The van der Waals surface area contributed by atoms with Gasteiger partial charge in [0.25, 0.3) is 0 Å². The lowest BCUT2D eigenvalue weighted by atomic mass is 9.96. The van der Waals surface area contributed by atoms with E-state index in [1.807, 2.05) is 11.8 Å². The first-order chi connectivity index (χ1) is 13.0. The van der Waals surface area contributed by atoms with Gasteiger partial charge in [-0.1, -0.05) is 17.7 Å². The van der Waals surface area contributed by atoms with E-state index >= 15 is 0 Å². The third kappa shape index (κ3) is 4.66. The second-order valence-corrected chi connectivity index (χ2v) is 7.01. The van der Waals surface area contributed by atoms with Crippen molar-refractivity contribution >= 4 is 23.3 Å². The van der Waals surface area contributed by atoms with Crippen molar-refractivity contribution in [2.24, 2.45) is 5.92 Å². The van der Waals surface area contributed by atoms with E-state index in [0.29, 0.717) is 23.1 Å². The molecule has 1 aliphatic rings. The molecule has 2 heterocycles. The number of hydrogen-bond acceptors (Lipinski definition) is 5. The molecular weight excluding hydrogens is 371 g/mol. The van der Waals surface area contributed by atoms with Crippen LogP contribution in [0.4, 0.5) is 10.2 Å². The lowest BCUT2D eigenvalue weighted by Crippen LogP contribution is -2.44. The van der Waals surface area contributed by atoms with E-state index in [9.17, 15) is 9.18 Å². The number of amides is 1. The Morgan fingerprint density at radius 1 is 1.37 bits per heavy atom. The highest BCUT2D eigenvalue weighted by molar-refractivity contribution is 6.29. The summed E-state index contributed by atoms with van der Waals surface area (Å²) >= 11 is 5.78. The van der Waals surface area contributed by atoms with Gasteiger partial charge >= 0.3 is 0 Å². The third-order valence-electron chi connectivity index (χ3n) is 4.77. The molecular formula is C19H22ClFN4O2. The molecule has 27 heavy (non-hydrogen) atoms. The summed E-state index contributed by atoms with van der Waals surface area (Å²) in [5, 5.41) is 11.3. The van der Waals surface area contributed by atoms with Crippen LogP contribution in [0, 0.1) is 11.7 Å². The molecule has 1 aromatic heterocycles. The third-order valence-corrected chi connectivity index (χ3v) is 4.97. The molecule has 1 saturated heterocycles. The zero-order chi connectivity index (χ0) is 19.4. The van der Waals surface area contributed by atoms with Gasteiger partial charge in [0, 0.05) is 13.1 Å². The molecule has 1 fully saturated rings. The maximum atomic E-state index is 13.9. The van der Waals surface area contributed by atoms with Crippen LogP contribution in [-0.4, -0.2) is 36.3 Å². The first-order valence-corrected chi connectivity index (χ1v) is 9.23. The number of aromatic nitrogens is 2. The molecule has 0 aliphatic carbocycles. The van der Waals surface area contributed by atoms with Gasteiger partial charge in [0.05, 0.1) is 19.1 Å². The van der Waals surface area contributed by atoms with E-state index in [0.717, 1.165) is 19.4 Å². The standard InChI is InChI=1S/C19H22ClFN4O2/c1-12(13-5-6-16(27-2)15(21)10-13)22-19(26)14-4-3-9-25(11-14)18-8-7-17(20)23-24-18/h5-8,10,12,14H,3-4,9,11H2,1-2H3,(H,22,26)/t12-,14+/m0/s1. The number of hydrogen-bond donors (Lipinski definition) is 1. The fourth-order valence-corrected chi connectivity index (χ4v) is 3.34. The fraction of sp³-hybridized carbons (Fsp3) is 0.421. The van der Waals surface area contributed by atoms with Crippen molar-refractivity contribution in [1.29, 1.82) is 0 Å². The van der Waals surface area contributed by atoms with Gasteiger partial charge in [-0.05, 0) is 49.6 Å². The summed E-state index contributed by atoms with van der Waals surface area (Å²) in [7, 11) is 1.42. The number of methoxy groups -OCH3 is 1. The van der Waals surface area contributed by atoms with Gasteiger partial charge in [0.1, 0.15) is 0 Å². The van der Waals surface area contributed by atoms with Gasteiger partial charge in [0.2, 0.25) is 5.91 Å². The van der Waals surface area contributed by atoms with Crippen LogP contribution < -0.4 is 15.0 Å². The van der Waals surface area contributed by atoms with E-state index in [-0.39, 0.29) is 23.6 Å². The number of piperidine rings is 1. The Balaban J connectivity index is 1.63. The molecule has 1 aromatic carbocycles. The summed E-state index contributed by atoms with van der Waals surface area (Å²) in [6.07, 6.45) is 1.68. The van der Waals surface area contributed by atoms with Crippen LogP contribution >= 0.6 is 11.6 Å². The number of ether oxygens (including phenoxy) is 1. The van der Waals surface area contributed by atoms with Gasteiger partial charge in [-0.3, -0.25) is 4.79 Å². The zero-order valence-electron chi connectivity index (χ0n) is 15.3. The van der Waals surface area contributed by atoms with Crippen molar-refractivity contribution in [3.63, 3.8) is 0 Å². The van der Waals surface area contributed by atoms with E-state index < -0.39 is 5.82 Å². The number of carbonyl (C=O) groups excluding carboxylic acids is 1. The summed E-state index contributed by atoms with van der Waals surface area (Å²) in [6.45, 7) is 3.22. The molecule has 144 valence electrons. The molecule has 2 atom stereocenters. The Bertz CT molecular complexity index is 803. The highest BCUT2D eigenvalue weighted by atomic mass is 35.5. The minimum atomic E-state index is -0.443. The molecule has 3 rings (SSSR count). The van der Waals surface area contributed by atoms with Crippen LogP contribution in [0.25, 0.3) is 0 Å². The predicted octanol–water partition coefficient (Wildman–Crippen LogP) is 3.37. The second kappa shape index (κ2) is 8.52. The first-order valence-electron chi connectivity index (χ1n) is 8.86. The van der Waals surface area contributed by atoms with Crippen LogP contribution in [0.15, 0.2) is 30.3 Å². The number of anilines is 1. The number of benzene rings is 1. The Labute approximate surface area is 162 Å². The molecule has 0 spiro atoms. The molecule has 1 amide bonds. The second-order valence-electron chi connectivity index (χ2n) is 6.62. The molecule has 1 aliphatic heterocycles. The molecule has 6 nitrogen and oxygen atoms in total. The quantitative estimate of drug-likeness (QED) is 0.845. The van der Waals surface area contributed by atoms with Crippen LogP contribution in [0.5, 0.6) is 5.75 Å². The maximum Gasteiger partial charge on any atom is 0.225 e. The van der Waals surface area contributed by atoms with E-state index in [4.69, 9.17) is 16.3 Å². The highest BCUT2D eigenvalue weighted by Crippen LogP contribution is 2.25. The number of carbonyl (C=O) groups is 1. The summed E-state index contributed by atoms with van der Waals surface area (Å²) in [5.74, 6) is 0.236. The Morgan fingerprint density at radius 2 is 2.19 bits per heavy atom. The number of rotatable bonds is 5. The van der Waals surface area contributed by atoms with E-state index in [1.165, 1.54) is 13.2 Å². The van der Waals surface area contributed by atoms with Crippen LogP contribution in [0.1, 0.15) is 31.4 Å². The van der Waals surface area contributed by atoms with Gasteiger partial charge in [-0.25, -0.2) is 4.39 Å². The van der Waals surface area contributed by atoms with Crippen molar-refractivity contribution in [2.45, 2.75) is 25.8 Å². The highest BCUT2D eigenvalue weighted by Gasteiger charge is 2.27. The average molecular weight is 393 g/mol. The van der Waals surface area contributed by atoms with Crippen molar-refractivity contribution in [2.75, 3.05) is 25.1 Å². The Morgan fingerprint density at radius 3 is 2.85 bits per heavy atom. The molecule has 0 bridgehead atoms. The first kappa shape index (κ1) is 19.4. The average Bonchev–Trinajstić information content (AvgIpc) is 2.68. The van der Waals surface area contributed by atoms with Crippen molar-refractivity contribution in [3.05, 3.63) is 46.9 Å². The van der Waals surface area contributed by atoms with E-state index in [1.54, 1.807) is 24.3 Å². The molecule has 0 saturated carbocycles. The minimum absolute atomic E-state index is 0.0506. The number of halogens is 2. The van der Waals surface area contributed by atoms with E-state index in [2.05, 4.69) is 15.5 Å². The summed E-state index contributed by atoms with van der Waals surface area (Å²) in [5.41, 5.74) is 0.692. The van der Waals surface area contributed by atoms with Gasteiger partial charge in [0.15, 0.2) is 22.5 Å². The molecule has 8 heteroatoms. The molecule has 2 aromatic rings. The number of nitrogens with one attached hydrogen (secondary N) is 1. The summed E-state index contributed by atoms with van der Waals surface area (Å²) < 4.78 is 18.8. The molecule has 0 unspecified atom stereocenters. The van der Waals surface area contributed by atoms with Crippen LogP contribution in [0.2, 0.25) is 5.15 Å². The topological polar surface area (TPSA) is 67.3 Å².